The first-order valence-corrected chi connectivity index (χ1v) is 8.96. The van der Waals surface area contributed by atoms with Crippen molar-refractivity contribution in [3.05, 3.63) is 71.3 Å². The molecule has 3 rings (SSSR count). The summed E-state index contributed by atoms with van der Waals surface area (Å²) in [6.07, 6.45) is -9.68. The second kappa shape index (κ2) is 7.92. The SMILES string of the molecule is Cc1cc(C(F)(C(F)(F)F)C(F)(F)F)cc(C)c1NC(=O)c1ccc(-n2cncn2)cc1. The molecule has 0 aliphatic heterocycles. The molecule has 0 saturated heterocycles. The van der Waals surface area contributed by atoms with Gasteiger partial charge in [0.2, 0.25) is 0 Å². The minimum Gasteiger partial charge on any atom is -0.322 e. The number of rotatable bonds is 4. The normalized spacial score (nSPS) is 12.7. The molecule has 1 N–H and O–H groups in total. The Morgan fingerprint density at radius 1 is 0.906 bits per heavy atom. The van der Waals surface area contributed by atoms with Gasteiger partial charge in [0, 0.05) is 16.8 Å². The van der Waals surface area contributed by atoms with Crippen molar-refractivity contribution in [2.75, 3.05) is 5.32 Å². The molecule has 170 valence electrons. The number of amides is 1. The average molecular weight is 460 g/mol. The minimum atomic E-state index is -6.22. The molecule has 0 atom stereocenters. The molecule has 0 unspecified atom stereocenters. The third-order valence-corrected chi connectivity index (χ3v) is 4.76. The Balaban J connectivity index is 1.91. The Morgan fingerprint density at radius 2 is 1.44 bits per heavy atom. The number of nitrogens with one attached hydrogen (secondary N) is 1. The number of anilines is 1. The summed E-state index contributed by atoms with van der Waals surface area (Å²) in [7, 11) is 0. The highest BCUT2D eigenvalue weighted by molar-refractivity contribution is 6.05. The molecule has 0 spiro atoms. The quantitative estimate of drug-likeness (QED) is 0.529. The van der Waals surface area contributed by atoms with E-state index in [2.05, 4.69) is 15.4 Å². The summed E-state index contributed by atoms with van der Waals surface area (Å²) in [5.74, 6) is -0.660. The Bertz CT molecular complexity index is 1080. The van der Waals surface area contributed by atoms with E-state index < -0.39 is 29.5 Å². The van der Waals surface area contributed by atoms with Gasteiger partial charge in [-0.15, -0.1) is 0 Å². The summed E-state index contributed by atoms with van der Waals surface area (Å²) in [5.41, 5.74) is -6.73. The minimum absolute atomic E-state index is 0.0224. The Morgan fingerprint density at radius 3 is 1.88 bits per heavy atom. The average Bonchev–Trinajstić information content (AvgIpc) is 3.23. The van der Waals surface area contributed by atoms with Gasteiger partial charge in [0.15, 0.2) is 0 Å². The lowest BCUT2D eigenvalue weighted by molar-refractivity contribution is -0.348. The molecular formula is C20H15F7N4O. The van der Waals surface area contributed by atoms with Crippen LogP contribution in [0.5, 0.6) is 0 Å². The van der Waals surface area contributed by atoms with Crippen molar-refractivity contribution in [3.63, 3.8) is 0 Å². The maximum atomic E-state index is 14.4. The van der Waals surface area contributed by atoms with Gasteiger partial charge in [-0.2, -0.15) is 31.4 Å². The van der Waals surface area contributed by atoms with Gasteiger partial charge in [0.25, 0.3) is 5.91 Å². The number of benzene rings is 2. The van der Waals surface area contributed by atoms with Crippen LogP contribution in [-0.2, 0) is 5.67 Å². The maximum Gasteiger partial charge on any atom is 0.435 e. The standard InChI is InChI=1S/C20H15F7N4O/c1-11-7-14(18(21,19(22,23)24)20(25,26)27)8-12(2)16(11)30-17(32)13-3-5-15(6-4-13)31-10-28-9-29-31/h3-10H,1-2H3,(H,30,32). The van der Waals surface area contributed by atoms with Crippen LogP contribution in [0.25, 0.3) is 5.69 Å². The van der Waals surface area contributed by atoms with Gasteiger partial charge in [0.1, 0.15) is 12.7 Å². The van der Waals surface area contributed by atoms with Crippen molar-refractivity contribution in [1.29, 1.82) is 0 Å². The Labute approximate surface area is 176 Å². The summed E-state index contributed by atoms with van der Waals surface area (Å²) in [4.78, 5) is 16.3. The van der Waals surface area contributed by atoms with Gasteiger partial charge in [-0.3, -0.25) is 4.79 Å². The van der Waals surface area contributed by atoms with Crippen molar-refractivity contribution in [1.82, 2.24) is 14.8 Å². The van der Waals surface area contributed by atoms with Gasteiger partial charge >= 0.3 is 18.0 Å². The topological polar surface area (TPSA) is 59.8 Å². The molecule has 0 aliphatic carbocycles. The van der Waals surface area contributed by atoms with E-state index >= 15 is 0 Å². The second-order valence-electron chi connectivity index (χ2n) is 6.98. The van der Waals surface area contributed by atoms with Crippen LogP contribution in [0, 0.1) is 13.8 Å². The zero-order valence-electron chi connectivity index (χ0n) is 16.5. The Hall–Kier alpha value is -3.44. The molecule has 0 radical (unpaired) electrons. The number of halogens is 7. The van der Waals surface area contributed by atoms with Crippen LogP contribution >= 0.6 is 0 Å². The van der Waals surface area contributed by atoms with E-state index in [1.165, 1.54) is 43.3 Å². The molecule has 0 bridgehead atoms. The first kappa shape index (κ1) is 23.2. The lowest BCUT2D eigenvalue weighted by atomic mass is 9.90. The van der Waals surface area contributed by atoms with E-state index in [-0.39, 0.29) is 22.4 Å². The Kier molecular flexibility index (Phi) is 5.75. The summed E-state index contributed by atoms with van der Waals surface area (Å²) in [6.45, 7) is 2.35. The number of aromatic nitrogens is 3. The number of alkyl halides is 7. The van der Waals surface area contributed by atoms with E-state index in [9.17, 15) is 35.5 Å². The first-order chi connectivity index (χ1) is 14.8. The smallest absolute Gasteiger partial charge is 0.322 e. The number of carbonyl (C=O) groups excluding carboxylic acids is 1. The highest BCUT2D eigenvalue weighted by Crippen LogP contribution is 2.53. The zero-order valence-corrected chi connectivity index (χ0v) is 16.5. The lowest BCUT2D eigenvalue weighted by Crippen LogP contribution is -2.50. The number of nitrogens with zero attached hydrogens (tertiary/aromatic N) is 3. The van der Waals surface area contributed by atoms with Crippen molar-refractivity contribution >= 4 is 11.6 Å². The summed E-state index contributed by atoms with van der Waals surface area (Å²) in [5, 5.41) is 6.38. The number of hydrogen-bond donors (Lipinski definition) is 1. The number of aryl methyl sites for hydroxylation is 2. The fourth-order valence-corrected chi connectivity index (χ4v) is 3.14. The van der Waals surface area contributed by atoms with Gasteiger partial charge in [-0.25, -0.2) is 14.1 Å². The van der Waals surface area contributed by atoms with Crippen molar-refractivity contribution in [2.45, 2.75) is 31.9 Å². The largest absolute Gasteiger partial charge is 0.435 e. The molecular weight excluding hydrogens is 445 g/mol. The molecule has 3 aromatic rings. The van der Waals surface area contributed by atoms with Crippen LogP contribution in [0.15, 0.2) is 49.1 Å². The predicted molar refractivity (Wildman–Crippen MR) is 100 cm³/mol. The van der Waals surface area contributed by atoms with Crippen LogP contribution in [0.2, 0.25) is 0 Å². The molecule has 2 aromatic carbocycles. The first-order valence-electron chi connectivity index (χ1n) is 8.96. The highest BCUT2D eigenvalue weighted by atomic mass is 19.4. The van der Waals surface area contributed by atoms with Crippen molar-refractivity contribution in [2.24, 2.45) is 0 Å². The maximum absolute atomic E-state index is 14.4. The number of carbonyl (C=O) groups is 1. The van der Waals surface area contributed by atoms with Gasteiger partial charge < -0.3 is 5.32 Å². The van der Waals surface area contributed by atoms with Crippen LogP contribution in [-0.4, -0.2) is 33.0 Å². The van der Waals surface area contributed by atoms with Crippen molar-refractivity contribution < 1.29 is 35.5 Å². The zero-order chi connectivity index (χ0) is 23.9. The van der Waals surface area contributed by atoms with Gasteiger partial charge in [-0.05, 0) is 49.2 Å². The van der Waals surface area contributed by atoms with E-state index in [0.717, 1.165) is 0 Å². The van der Waals surface area contributed by atoms with Crippen LogP contribution in [0.1, 0.15) is 27.0 Å². The molecule has 0 aliphatic rings. The van der Waals surface area contributed by atoms with E-state index in [4.69, 9.17) is 0 Å². The fraction of sp³-hybridized carbons (Fsp3) is 0.250. The monoisotopic (exact) mass is 460 g/mol. The predicted octanol–water partition coefficient (Wildman–Crippen LogP) is 5.43. The molecule has 0 saturated carbocycles. The fourth-order valence-electron chi connectivity index (χ4n) is 3.14. The van der Waals surface area contributed by atoms with Gasteiger partial charge in [0.05, 0.1) is 5.69 Å². The molecule has 12 heteroatoms. The molecule has 0 fully saturated rings. The van der Waals surface area contributed by atoms with E-state index in [0.29, 0.717) is 17.8 Å². The molecule has 1 aromatic heterocycles. The summed E-state index contributed by atoms with van der Waals surface area (Å²) >= 11 is 0. The highest BCUT2D eigenvalue weighted by Gasteiger charge is 2.73. The third kappa shape index (κ3) is 4.04. The molecule has 1 amide bonds. The van der Waals surface area contributed by atoms with E-state index in [1.54, 1.807) is 12.1 Å². The van der Waals surface area contributed by atoms with E-state index in [1.807, 2.05) is 0 Å². The van der Waals surface area contributed by atoms with Crippen molar-refractivity contribution in [3.8, 4) is 5.69 Å². The number of hydrogen-bond acceptors (Lipinski definition) is 3. The van der Waals surface area contributed by atoms with Crippen LogP contribution < -0.4 is 5.32 Å². The van der Waals surface area contributed by atoms with Crippen LogP contribution in [0.3, 0.4) is 0 Å². The summed E-state index contributed by atoms with van der Waals surface area (Å²) in [6, 6.07) is 6.89. The molecule has 32 heavy (non-hydrogen) atoms. The lowest BCUT2D eigenvalue weighted by Gasteiger charge is -2.31. The second-order valence-corrected chi connectivity index (χ2v) is 6.98. The molecule has 5 nitrogen and oxygen atoms in total. The van der Waals surface area contributed by atoms with Crippen LogP contribution in [0.4, 0.5) is 36.4 Å². The third-order valence-electron chi connectivity index (χ3n) is 4.76. The van der Waals surface area contributed by atoms with Gasteiger partial charge in [-0.1, -0.05) is 12.1 Å². The molecule has 1 heterocycles. The summed E-state index contributed by atoms with van der Waals surface area (Å²) < 4.78 is 94.1.